The molecule has 0 radical (unpaired) electrons. The summed E-state index contributed by atoms with van der Waals surface area (Å²) in [4.78, 5) is 19.3. The predicted molar refractivity (Wildman–Crippen MR) is 135 cm³/mol. The summed E-state index contributed by atoms with van der Waals surface area (Å²) in [6, 6.07) is 21.3. The van der Waals surface area contributed by atoms with Gasteiger partial charge in [0.2, 0.25) is 0 Å². The third kappa shape index (κ3) is 6.29. The van der Waals surface area contributed by atoms with Crippen molar-refractivity contribution in [3.05, 3.63) is 89.7 Å². The minimum atomic E-state index is 0.00517. The van der Waals surface area contributed by atoms with E-state index >= 15 is 0 Å². The number of aromatic nitrogens is 1. The highest BCUT2D eigenvalue weighted by molar-refractivity contribution is 5.94. The second-order valence-corrected chi connectivity index (χ2v) is 8.98. The fourth-order valence-electron chi connectivity index (χ4n) is 4.86. The molecule has 0 unspecified atom stereocenters. The number of unbranched alkanes of at least 4 members (excludes halogenated alkanes) is 1. The van der Waals surface area contributed by atoms with Crippen LogP contribution in [0.3, 0.4) is 0 Å². The Bertz CT molecular complexity index is 1020. The van der Waals surface area contributed by atoms with Crippen LogP contribution >= 0.6 is 0 Å². The Morgan fingerprint density at radius 1 is 0.939 bits per heavy atom. The summed E-state index contributed by atoms with van der Waals surface area (Å²) in [5, 5.41) is 3.09. The van der Waals surface area contributed by atoms with Crippen LogP contribution in [-0.4, -0.2) is 41.5 Å². The number of rotatable bonds is 10. The zero-order valence-corrected chi connectivity index (χ0v) is 19.7. The third-order valence-electron chi connectivity index (χ3n) is 6.67. The van der Waals surface area contributed by atoms with E-state index in [2.05, 4.69) is 46.4 Å². The van der Waals surface area contributed by atoms with Gasteiger partial charge in [-0.3, -0.25) is 9.78 Å². The largest absolute Gasteiger partial charge is 0.352 e. The van der Waals surface area contributed by atoms with Gasteiger partial charge in [0.15, 0.2) is 0 Å². The summed E-state index contributed by atoms with van der Waals surface area (Å²) >= 11 is 0. The van der Waals surface area contributed by atoms with Gasteiger partial charge in [-0.25, -0.2) is 0 Å². The number of hydrogen-bond acceptors (Lipinski definition) is 3. The first-order valence-corrected chi connectivity index (χ1v) is 12.3. The summed E-state index contributed by atoms with van der Waals surface area (Å²) in [7, 11) is 0. The molecule has 1 heterocycles. The number of amides is 1. The van der Waals surface area contributed by atoms with Crippen molar-refractivity contribution in [1.29, 1.82) is 0 Å². The molecule has 1 N–H and O–H groups in total. The first kappa shape index (κ1) is 23.2. The van der Waals surface area contributed by atoms with E-state index in [1.165, 1.54) is 36.8 Å². The number of nitrogens with one attached hydrogen (secondary N) is 1. The molecule has 33 heavy (non-hydrogen) atoms. The zero-order chi connectivity index (χ0) is 22.9. The first-order chi connectivity index (χ1) is 16.2. The molecule has 1 aromatic heterocycles. The van der Waals surface area contributed by atoms with Gasteiger partial charge in [-0.15, -0.1) is 0 Å². The van der Waals surface area contributed by atoms with Gasteiger partial charge in [-0.05, 0) is 98.1 Å². The molecule has 0 fully saturated rings. The maximum Gasteiger partial charge on any atom is 0.251 e. The van der Waals surface area contributed by atoms with Gasteiger partial charge in [0.05, 0.1) is 0 Å². The molecule has 4 heteroatoms. The number of fused-ring (bicyclic) bond motifs is 1. The smallest absolute Gasteiger partial charge is 0.251 e. The van der Waals surface area contributed by atoms with Crippen LogP contribution in [0.25, 0.3) is 11.1 Å². The average Bonchev–Trinajstić information content (AvgIpc) is 2.88. The van der Waals surface area contributed by atoms with Crippen LogP contribution in [0.2, 0.25) is 0 Å². The maximum atomic E-state index is 12.5. The highest BCUT2D eigenvalue weighted by Gasteiger charge is 2.23. The lowest BCUT2D eigenvalue weighted by atomic mass is 9.87. The Labute approximate surface area is 198 Å². The number of benzene rings is 2. The number of carbonyl (C=O) groups is 1. The number of aryl methyl sites for hydroxylation is 1. The van der Waals surface area contributed by atoms with Crippen LogP contribution in [0, 0.1) is 0 Å². The summed E-state index contributed by atoms with van der Waals surface area (Å²) in [5.74, 6) is 0.00517. The SMILES string of the molecule is CCCN(CCCCNC(=O)c1ccc(-c2ccncc2)cc1)[C@@H]1CCc2ccccc2C1. The van der Waals surface area contributed by atoms with Gasteiger partial charge in [-0.2, -0.15) is 0 Å². The van der Waals surface area contributed by atoms with Crippen molar-refractivity contribution in [3.63, 3.8) is 0 Å². The van der Waals surface area contributed by atoms with Crippen LogP contribution < -0.4 is 5.32 Å². The summed E-state index contributed by atoms with van der Waals surface area (Å²) < 4.78 is 0. The topological polar surface area (TPSA) is 45.2 Å². The van der Waals surface area contributed by atoms with Crippen molar-refractivity contribution < 1.29 is 4.79 Å². The lowest BCUT2D eigenvalue weighted by Gasteiger charge is -2.35. The molecule has 1 aliphatic rings. The van der Waals surface area contributed by atoms with E-state index in [1.807, 2.05) is 36.4 Å². The van der Waals surface area contributed by atoms with Crippen molar-refractivity contribution in [2.45, 2.75) is 51.5 Å². The number of carbonyl (C=O) groups excluding carboxylic acids is 1. The standard InChI is InChI=1S/C29H35N3O/c1-2-20-32(28-14-13-23-7-3-4-8-27(23)22-28)21-6-5-17-31-29(33)26-11-9-24(10-12-26)25-15-18-30-19-16-25/h3-4,7-12,15-16,18-19,28H,2,5-6,13-14,17,20-22H2,1H3,(H,31,33)/t28-/m1/s1. The van der Waals surface area contributed by atoms with Crippen LogP contribution in [0.5, 0.6) is 0 Å². The zero-order valence-electron chi connectivity index (χ0n) is 19.7. The van der Waals surface area contributed by atoms with Gasteiger partial charge in [0.25, 0.3) is 5.91 Å². The fraction of sp³-hybridized carbons (Fsp3) is 0.379. The Kier molecular flexibility index (Phi) is 8.26. The molecule has 0 saturated carbocycles. The van der Waals surface area contributed by atoms with E-state index in [-0.39, 0.29) is 5.91 Å². The second-order valence-electron chi connectivity index (χ2n) is 8.98. The Morgan fingerprint density at radius 2 is 1.67 bits per heavy atom. The Balaban J connectivity index is 1.21. The summed E-state index contributed by atoms with van der Waals surface area (Å²) in [6.45, 7) is 5.25. The summed E-state index contributed by atoms with van der Waals surface area (Å²) in [5.41, 5.74) is 5.96. The molecule has 2 aromatic carbocycles. The molecule has 0 spiro atoms. The molecule has 172 valence electrons. The number of hydrogen-bond donors (Lipinski definition) is 1. The highest BCUT2D eigenvalue weighted by atomic mass is 16.1. The van der Waals surface area contributed by atoms with E-state index in [9.17, 15) is 4.79 Å². The Hall–Kier alpha value is -2.98. The van der Waals surface area contributed by atoms with Gasteiger partial charge in [0.1, 0.15) is 0 Å². The van der Waals surface area contributed by atoms with E-state index in [1.54, 1.807) is 12.4 Å². The van der Waals surface area contributed by atoms with Crippen molar-refractivity contribution in [2.24, 2.45) is 0 Å². The van der Waals surface area contributed by atoms with Crippen LogP contribution in [0.15, 0.2) is 73.1 Å². The number of pyridine rings is 1. The predicted octanol–water partition coefficient (Wildman–Crippen LogP) is 5.53. The van der Waals surface area contributed by atoms with E-state index in [0.717, 1.165) is 43.6 Å². The quantitative estimate of drug-likeness (QED) is 0.421. The van der Waals surface area contributed by atoms with E-state index < -0.39 is 0 Å². The molecule has 1 amide bonds. The first-order valence-electron chi connectivity index (χ1n) is 12.3. The lowest BCUT2D eigenvalue weighted by Crippen LogP contribution is -2.40. The normalized spacial score (nSPS) is 15.3. The van der Waals surface area contributed by atoms with E-state index in [0.29, 0.717) is 11.6 Å². The molecule has 1 atom stereocenters. The molecular weight excluding hydrogens is 406 g/mol. The molecule has 1 aliphatic carbocycles. The molecule has 4 nitrogen and oxygen atoms in total. The minimum absolute atomic E-state index is 0.00517. The maximum absolute atomic E-state index is 12.5. The lowest BCUT2D eigenvalue weighted by molar-refractivity contribution is 0.0952. The van der Waals surface area contributed by atoms with Gasteiger partial charge < -0.3 is 10.2 Å². The molecule has 0 saturated heterocycles. The van der Waals surface area contributed by atoms with Crippen molar-refractivity contribution in [3.8, 4) is 11.1 Å². The van der Waals surface area contributed by atoms with Gasteiger partial charge in [-0.1, -0.05) is 43.3 Å². The molecule has 3 aromatic rings. The van der Waals surface area contributed by atoms with Crippen molar-refractivity contribution >= 4 is 5.91 Å². The van der Waals surface area contributed by atoms with E-state index in [4.69, 9.17) is 0 Å². The molecule has 0 aliphatic heterocycles. The van der Waals surface area contributed by atoms with Gasteiger partial charge >= 0.3 is 0 Å². The van der Waals surface area contributed by atoms with Crippen molar-refractivity contribution in [2.75, 3.05) is 19.6 Å². The van der Waals surface area contributed by atoms with Crippen molar-refractivity contribution in [1.82, 2.24) is 15.2 Å². The molecule has 4 rings (SSSR count). The van der Waals surface area contributed by atoms with Crippen LogP contribution in [0.4, 0.5) is 0 Å². The van der Waals surface area contributed by atoms with Crippen LogP contribution in [0.1, 0.15) is 54.1 Å². The average molecular weight is 442 g/mol. The Morgan fingerprint density at radius 3 is 2.42 bits per heavy atom. The highest BCUT2D eigenvalue weighted by Crippen LogP contribution is 2.25. The minimum Gasteiger partial charge on any atom is -0.352 e. The summed E-state index contributed by atoms with van der Waals surface area (Å²) in [6.07, 6.45) is 10.5. The number of nitrogens with zero attached hydrogens (tertiary/aromatic N) is 2. The fourth-order valence-corrected chi connectivity index (χ4v) is 4.86. The molecule has 0 bridgehead atoms. The van der Waals surface area contributed by atoms with Gasteiger partial charge in [0, 0.05) is 30.5 Å². The second kappa shape index (κ2) is 11.8. The third-order valence-corrected chi connectivity index (χ3v) is 6.67. The van der Waals surface area contributed by atoms with Crippen LogP contribution in [-0.2, 0) is 12.8 Å². The molecular formula is C29H35N3O. The monoisotopic (exact) mass is 441 g/mol.